The summed E-state index contributed by atoms with van der Waals surface area (Å²) in [7, 11) is 1.32. The normalized spacial score (nSPS) is 16.9. The largest absolute Gasteiger partial charge is 0.476 e. The monoisotopic (exact) mass is 268 g/mol. The van der Waals surface area contributed by atoms with Crippen molar-refractivity contribution in [2.75, 3.05) is 25.1 Å². The maximum atomic E-state index is 11.1. The van der Waals surface area contributed by atoms with Gasteiger partial charge in [0, 0.05) is 0 Å². The third-order valence-corrected chi connectivity index (χ3v) is 3.13. The molecule has 1 aliphatic rings. The molecular formula is C11H16N4O4. The van der Waals surface area contributed by atoms with Gasteiger partial charge in [0.15, 0.2) is 0 Å². The highest BCUT2D eigenvalue weighted by atomic mass is 16.6. The Morgan fingerprint density at radius 1 is 1.58 bits per heavy atom. The molecule has 0 aromatic carbocycles. The molecule has 1 saturated heterocycles. The van der Waals surface area contributed by atoms with E-state index in [4.69, 9.17) is 4.74 Å². The van der Waals surface area contributed by atoms with Crippen molar-refractivity contribution in [1.29, 1.82) is 0 Å². The fourth-order valence-electron chi connectivity index (χ4n) is 2.33. The Kier molecular flexibility index (Phi) is 3.52. The summed E-state index contributed by atoms with van der Waals surface area (Å²) >= 11 is 0. The lowest BCUT2D eigenvalue weighted by Gasteiger charge is -2.46. The van der Waals surface area contributed by atoms with E-state index in [-0.39, 0.29) is 17.4 Å². The Morgan fingerprint density at radius 3 is 2.79 bits per heavy atom. The second-order valence-corrected chi connectivity index (χ2v) is 4.64. The van der Waals surface area contributed by atoms with Crippen LogP contribution in [0.25, 0.3) is 0 Å². The van der Waals surface area contributed by atoms with E-state index in [0.29, 0.717) is 19.5 Å². The Hall–Kier alpha value is -1.96. The molecule has 0 atom stereocenters. The minimum atomic E-state index is -0.777. The minimum absolute atomic E-state index is 0.0686. The average Bonchev–Trinajstić information content (AvgIpc) is 2.34. The first kappa shape index (κ1) is 13.5. The standard InChI is InChI=1S/C11H16N4O4/c1-3-4-11(16)5-14(6-11)9-8(15(17)18)10(19-2)13-7-12-9/h7,16H,3-6H2,1-2H3. The molecule has 0 spiro atoms. The van der Waals surface area contributed by atoms with Gasteiger partial charge in [-0.1, -0.05) is 13.3 Å². The fraction of sp³-hybridized carbons (Fsp3) is 0.636. The summed E-state index contributed by atoms with van der Waals surface area (Å²) in [5, 5.41) is 21.2. The van der Waals surface area contributed by atoms with E-state index < -0.39 is 10.5 Å². The van der Waals surface area contributed by atoms with Crippen LogP contribution in [0, 0.1) is 10.1 Å². The number of β-amino-alcohol motifs (C(OH)–C–C–N with tert-alkyl or cyclic N) is 1. The average molecular weight is 268 g/mol. The van der Waals surface area contributed by atoms with Crippen molar-refractivity contribution < 1.29 is 14.8 Å². The predicted octanol–water partition coefficient (Wildman–Crippen LogP) is 0.745. The molecule has 1 aromatic heterocycles. The number of aromatic nitrogens is 2. The third-order valence-electron chi connectivity index (χ3n) is 3.13. The molecule has 8 heteroatoms. The van der Waals surface area contributed by atoms with Crippen molar-refractivity contribution in [2.24, 2.45) is 0 Å². The van der Waals surface area contributed by atoms with Gasteiger partial charge in [-0.3, -0.25) is 10.1 Å². The molecule has 0 bridgehead atoms. The molecule has 0 radical (unpaired) electrons. The lowest BCUT2D eigenvalue weighted by Crippen LogP contribution is -2.62. The van der Waals surface area contributed by atoms with Crippen molar-refractivity contribution in [3.05, 3.63) is 16.4 Å². The van der Waals surface area contributed by atoms with Crippen LogP contribution in [-0.2, 0) is 0 Å². The van der Waals surface area contributed by atoms with Gasteiger partial charge in [0.1, 0.15) is 6.33 Å². The molecule has 1 N–H and O–H groups in total. The molecule has 2 heterocycles. The van der Waals surface area contributed by atoms with Crippen molar-refractivity contribution in [3.8, 4) is 5.88 Å². The number of nitrogens with zero attached hydrogens (tertiary/aromatic N) is 4. The van der Waals surface area contributed by atoms with E-state index in [2.05, 4.69) is 9.97 Å². The maximum absolute atomic E-state index is 11.1. The van der Waals surface area contributed by atoms with Crippen LogP contribution in [-0.4, -0.2) is 45.8 Å². The lowest BCUT2D eigenvalue weighted by atomic mass is 9.89. The number of nitro groups is 1. The van der Waals surface area contributed by atoms with Crippen molar-refractivity contribution in [1.82, 2.24) is 9.97 Å². The van der Waals surface area contributed by atoms with Gasteiger partial charge in [0.05, 0.1) is 30.7 Å². The van der Waals surface area contributed by atoms with E-state index >= 15 is 0 Å². The Bertz CT molecular complexity index is 488. The van der Waals surface area contributed by atoms with Crippen LogP contribution in [0.15, 0.2) is 6.33 Å². The molecule has 104 valence electrons. The van der Waals surface area contributed by atoms with E-state index in [9.17, 15) is 15.2 Å². The SMILES string of the molecule is CCCC1(O)CN(c2ncnc(OC)c2[N+](=O)[O-])C1. The summed E-state index contributed by atoms with van der Waals surface area (Å²) in [6.07, 6.45) is 2.75. The molecule has 19 heavy (non-hydrogen) atoms. The summed E-state index contributed by atoms with van der Waals surface area (Å²) in [4.78, 5) is 19.9. The summed E-state index contributed by atoms with van der Waals surface area (Å²) in [5.41, 5.74) is -1.04. The lowest BCUT2D eigenvalue weighted by molar-refractivity contribution is -0.385. The van der Waals surface area contributed by atoms with Crippen molar-refractivity contribution >= 4 is 11.5 Å². The minimum Gasteiger partial charge on any atom is -0.476 e. The molecule has 0 saturated carbocycles. The molecule has 1 fully saturated rings. The van der Waals surface area contributed by atoms with E-state index in [1.165, 1.54) is 13.4 Å². The summed E-state index contributed by atoms with van der Waals surface area (Å²) in [5.74, 6) is 0.124. The molecule has 0 amide bonds. The first-order valence-corrected chi connectivity index (χ1v) is 6.01. The summed E-state index contributed by atoms with van der Waals surface area (Å²) < 4.78 is 4.88. The number of hydrogen-bond acceptors (Lipinski definition) is 7. The Balaban J connectivity index is 2.25. The Labute approximate surface area is 110 Å². The van der Waals surface area contributed by atoms with Crippen LogP contribution in [0.4, 0.5) is 11.5 Å². The molecule has 2 rings (SSSR count). The van der Waals surface area contributed by atoms with Crippen LogP contribution in [0.5, 0.6) is 5.88 Å². The van der Waals surface area contributed by atoms with Gasteiger partial charge in [0.25, 0.3) is 5.88 Å². The zero-order valence-electron chi connectivity index (χ0n) is 10.9. The molecule has 1 aromatic rings. The first-order chi connectivity index (χ1) is 9.00. The van der Waals surface area contributed by atoms with Gasteiger partial charge < -0.3 is 14.7 Å². The zero-order valence-corrected chi connectivity index (χ0v) is 10.9. The second-order valence-electron chi connectivity index (χ2n) is 4.64. The quantitative estimate of drug-likeness (QED) is 0.620. The van der Waals surface area contributed by atoms with Gasteiger partial charge in [-0.2, -0.15) is 4.98 Å². The predicted molar refractivity (Wildman–Crippen MR) is 67.3 cm³/mol. The van der Waals surface area contributed by atoms with Gasteiger partial charge in [-0.15, -0.1) is 0 Å². The van der Waals surface area contributed by atoms with Gasteiger partial charge in [-0.05, 0) is 6.42 Å². The number of rotatable bonds is 5. The number of hydrogen-bond donors (Lipinski definition) is 1. The molecule has 8 nitrogen and oxygen atoms in total. The fourth-order valence-corrected chi connectivity index (χ4v) is 2.33. The molecule has 0 aliphatic carbocycles. The topological polar surface area (TPSA) is 102 Å². The summed E-state index contributed by atoms with van der Waals surface area (Å²) in [6, 6.07) is 0. The van der Waals surface area contributed by atoms with E-state index in [0.717, 1.165) is 6.42 Å². The Morgan fingerprint density at radius 2 is 2.26 bits per heavy atom. The van der Waals surface area contributed by atoms with Crippen LogP contribution in [0.3, 0.4) is 0 Å². The molecule has 1 aliphatic heterocycles. The van der Waals surface area contributed by atoms with Gasteiger partial charge >= 0.3 is 5.69 Å². The van der Waals surface area contributed by atoms with Crippen LogP contribution in [0.1, 0.15) is 19.8 Å². The van der Waals surface area contributed by atoms with E-state index in [1.54, 1.807) is 4.90 Å². The van der Waals surface area contributed by atoms with Crippen molar-refractivity contribution in [2.45, 2.75) is 25.4 Å². The smallest absolute Gasteiger partial charge is 0.372 e. The number of methoxy groups -OCH3 is 1. The first-order valence-electron chi connectivity index (χ1n) is 6.01. The number of aliphatic hydroxyl groups is 1. The third kappa shape index (κ3) is 2.43. The zero-order chi connectivity index (χ0) is 14.0. The number of ether oxygens (including phenoxy) is 1. The van der Waals surface area contributed by atoms with Crippen LogP contribution >= 0.6 is 0 Å². The van der Waals surface area contributed by atoms with Crippen molar-refractivity contribution in [3.63, 3.8) is 0 Å². The highest BCUT2D eigenvalue weighted by Crippen LogP contribution is 2.38. The highest BCUT2D eigenvalue weighted by Gasteiger charge is 2.44. The van der Waals surface area contributed by atoms with Gasteiger partial charge in [0.2, 0.25) is 5.82 Å². The molecular weight excluding hydrogens is 252 g/mol. The second kappa shape index (κ2) is 4.96. The van der Waals surface area contributed by atoms with Crippen LogP contribution < -0.4 is 9.64 Å². The van der Waals surface area contributed by atoms with Crippen LogP contribution in [0.2, 0.25) is 0 Å². The molecule has 0 unspecified atom stereocenters. The number of anilines is 1. The highest BCUT2D eigenvalue weighted by molar-refractivity contribution is 5.64. The van der Waals surface area contributed by atoms with E-state index in [1.807, 2.05) is 6.92 Å². The summed E-state index contributed by atoms with van der Waals surface area (Å²) in [6.45, 7) is 2.65. The maximum Gasteiger partial charge on any atom is 0.372 e. The van der Waals surface area contributed by atoms with Gasteiger partial charge in [-0.25, -0.2) is 4.98 Å².